The van der Waals surface area contributed by atoms with Crippen LogP contribution < -0.4 is 0 Å². The molecule has 17 heavy (non-hydrogen) atoms. The third-order valence-corrected chi connectivity index (χ3v) is 2.15. The zero-order valence-electron chi connectivity index (χ0n) is 8.66. The number of aryl methyl sites for hydroxylation is 1. The Morgan fingerprint density at radius 3 is 2.41 bits per heavy atom. The number of imidazole rings is 1. The summed E-state index contributed by atoms with van der Waals surface area (Å²) in [6.45, 7) is 0. The second-order valence-corrected chi connectivity index (χ2v) is 3.43. The van der Waals surface area contributed by atoms with Crippen LogP contribution in [-0.2, 0) is 13.2 Å². The van der Waals surface area contributed by atoms with E-state index >= 15 is 0 Å². The molecule has 0 aliphatic rings. The topological polar surface area (TPSA) is 30.7 Å². The molecule has 0 unspecified atom stereocenters. The molecule has 0 spiro atoms. The molecule has 90 valence electrons. The quantitative estimate of drug-likeness (QED) is 0.571. The van der Waals surface area contributed by atoms with Crippen LogP contribution in [0.25, 0.3) is 11.4 Å². The number of nitrogens with zero attached hydrogens (tertiary/aromatic N) is 3. The summed E-state index contributed by atoms with van der Waals surface area (Å²) >= 11 is 0. The Bertz CT molecular complexity index is 527. The summed E-state index contributed by atoms with van der Waals surface area (Å²) < 4.78 is 51.0. The van der Waals surface area contributed by atoms with Crippen LogP contribution in [0.3, 0.4) is 0 Å². The average molecular weight is 245 g/mol. The second-order valence-electron chi connectivity index (χ2n) is 3.43. The van der Waals surface area contributed by atoms with E-state index in [9.17, 15) is 17.6 Å². The molecule has 0 bridgehead atoms. The van der Waals surface area contributed by atoms with Crippen LogP contribution >= 0.6 is 0 Å². The number of hydrogen-bond acceptors (Lipinski definition) is 2. The van der Waals surface area contributed by atoms with E-state index < -0.39 is 17.8 Å². The Balaban J connectivity index is 2.46. The van der Waals surface area contributed by atoms with Gasteiger partial charge in [0, 0.05) is 25.0 Å². The highest BCUT2D eigenvalue weighted by Gasteiger charge is 2.34. The number of rotatable bonds is 1. The Morgan fingerprint density at radius 1 is 1.24 bits per heavy atom. The van der Waals surface area contributed by atoms with Gasteiger partial charge >= 0.3 is 6.18 Å². The first-order valence-electron chi connectivity index (χ1n) is 4.60. The molecule has 7 heteroatoms. The van der Waals surface area contributed by atoms with Gasteiger partial charge in [0.15, 0.2) is 5.69 Å². The molecule has 3 nitrogen and oxygen atoms in total. The molecule has 2 rings (SSSR count). The van der Waals surface area contributed by atoms with Gasteiger partial charge in [0.2, 0.25) is 5.95 Å². The van der Waals surface area contributed by atoms with Gasteiger partial charge in [-0.15, -0.1) is 0 Å². The Hall–Kier alpha value is -1.92. The summed E-state index contributed by atoms with van der Waals surface area (Å²) in [5.41, 5.74) is -0.663. The molecule has 0 aliphatic carbocycles. The van der Waals surface area contributed by atoms with Crippen LogP contribution in [0.5, 0.6) is 0 Å². The van der Waals surface area contributed by atoms with E-state index in [1.54, 1.807) is 0 Å². The molecule has 0 saturated carbocycles. The van der Waals surface area contributed by atoms with Crippen LogP contribution in [0.15, 0.2) is 24.5 Å². The molecule has 0 aromatic carbocycles. The standard InChI is InChI=1S/C10H7F4N3/c1-17-5-7(10(12,13)14)16-9(17)6-2-3-8(11)15-4-6/h2-5H,1H3. The average Bonchev–Trinajstić information content (AvgIpc) is 2.61. The van der Waals surface area contributed by atoms with E-state index in [2.05, 4.69) is 9.97 Å². The van der Waals surface area contributed by atoms with Gasteiger partial charge in [-0.3, -0.25) is 0 Å². The SMILES string of the molecule is Cn1cc(C(F)(F)F)nc1-c1ccc(F)nc1. The summed E-state index contributed by atoms with van der Waals surface area (Å²) in [5.74, 6) is -0.608. The van der Waals surface area contributed by atoms with Crippen molar-refractivity contribution in [3.63, 3.8) is 0 Å². The molecule has 0 saturated heterocycles. The summed E-state index contributed by atoms with van der Waals surface area (Å²) in [5, 5.41) is 0. The van der Waals surface area contributed by atoms with E-state index in [4.69, 9.17) is 0 Å². The lowest BCUT2D eigenvalue weighted by molar-refractivity contribution is -0.140. The van der Waals surface area contributed by atoms with Gasteiger partial charge < -0.3 is 4.57 Å². The van der Waals surface area contributed by atoms with Crippen molar-refractivity contribution >= 4 is 0 Å². The van der Waals surface area contributed by atoms with Gasteiger partial charge in [0.1, 0.15) is 5.82 Å². The first-order chi connectivity index (χ1) is 7.88. The van der Waals surface area contributed by atoms with Crippen LogP contribution in [0.4, 0.5) is 17.6 Å². The fraction of sp³-hybridized carbons (Fsp3) is 0.200. The Morgan fingerprint density at radius 2 is 1.94 bits per heavy atom. The van der Waals surface area contributed by atoms with E-state index in [0.717, 1.165) is 18.5 Å². The molecule has 2 aromatic rings. The van der Waals surface area contributed by atoms with E-state index in [1.807, 2.05) is 0 Å². The van der Waals surface area contributed by atoms with Crippen molar-refractivity contribution < 1.29 is 17.6 Å². The summed E-state index contributed by atoms with van der Waals surface area (Å²) in [4.78, 5) is 6.82. The number of halogens is 4. The van der Waals surface area contributed by atoms with E-state index in [0.29, 0.717) is 5.56 Å². The molecule has 0 aliphatic heterocycles. The molecule has 0 atom stereocenters. The van der Waals surface area contributed by atoms with Gasteiger partial charge in [-0.1, -0.05) is 0 Å². The minimum Gasteiger partial charge on any atom is -0.333 e. The monoisotopic (exact) mass is 245 g/mol. The van der Waals surface area contributed by atoms with Gasteiger partial charge in [-0.05, 0) is 12.1 Å². The summed E-state index contributed by atoms with van der Waals surface area (Å²) in [7, 11) is 1.43. The lowest BCUT2D eigenvalue weighted by Crippen LogP contribution is -2.04. The summed E-state index contributed by atoms with van der Waals surface area (Å²) in [6, 6.07) is 2.39. The highest BCUT2D eigenvalue weighted by atomic mass is 19.4. The largest absolute Gasteiger partial charge is 0.434 e. The van der Waals surface area contributed by atoms with Crippen LogP contribution in [0.2, 0.25) is 0 Å². The second kappa shape index (κ2) is 3.83. The molecular weight excluding hydrogens is 238 g/mol. The van der Waals surface area contributed by atoms with Crippen LogP contribution in [-0.4, -0.2) is 14.5 Å². The maximum Gasteiger partial charge on any atom is 0.434 e. The smallest absolute Gasteiger partial charge is 0.333 e. The number of aromatic nitrogens is 3. The van der Waals surface area contributed by atoms with Crippen LogP contribution in [0.1, 0.15) is 5.69 Å². The molecule has 0 fully saturated rings. The maximum atomic E-state index is 12.6. The van der Waals surface area contributed by atoms with Crippen molar-refractivity contribution in [3.8, 4) is 11.4 Å². The van der Waals surface area contributed by atoms with Crippen molar-refractivity contribution in [1.82, 2.24) is 14.5 Å². The minimum absolute atomic E-state index is 0.0878. The lowest BCUT2D eigenvalue weighted by atomic mass is 10.3. The van der Waals surface area contributed by atoms with Gasteiger partial charge in [-0.25, -0.2) is 9.97 Å². The minimum atomic E-state index is -4.50. The molecule has 2 heterocycles. The normalized spacial score (nSPS) is 11.8. The zero-order valence-corrected chi connectivity index (χ0v) is 8.66. The first-order valence-corrected chi connectivity index (χ1v) is 4.60. The maximum absolute atomic E-state index is 12.6. The molecule has 0 amide bonds. The summed E-state index contributed by atoms with van der Waals surface area (Å²) in [6.07, 6.45) is -2.49. The van der Waals surface area contributed by atoms with Crippen LogP contribution in [0, 0.1) is 5.95 Å². The zero-order chi connectivity index (χ0) is 12.6. The first kappa shape index (κ1) is 11.6. The van der Waals surface area contributed by atoms with E-state index in [1.165, 1.54) is 17.7 Å². The fourth-order valence-corrected chi connectivity index (χ4v) is 1.38. The molecular formula is C10H7F4N3. The Labute approximate surface area is 93.7 Å². The number of pyridine rings is 1. The fourth-order valence-electron chi connectivity index (χ4n) is 1.38. The van der Waals surface area contributed by atoms with Crippen molar-refractivity contribution in [3.05, 3.63) is 36.2 Å². The molecule has 2 aromatic heterocycles. The lowest BCUT2D eigenvalue weighted by Gasteiger charge is -2.00. The van der Waals surface area contributed by atoms with Gasteiger partial charge in [-0.2, -0.15) is 17.6 Å². The highest BCUT2D eigenvalue weighted by molar-refractivity contribution is 5.54. The van der Waals surface area contributed by atoms with Gasteiger partial charge in [0.25, 0.3) is 0 Å². The van der Waals surface area contributed by atoms with Gasteiger partial charge in [0.05, 0.1) is 0 Å². The van der Waals surface area contributed by atoms with Crippen molar-refractivity contribution in [2.45, 2.75) is 6.18 Å². The number of hydrogen-bond donors (Lipinski definition) is 0. The van der Waals surface area contributed by atoms with Crippen molar-refractivity contribution in [2.75, 3.05) is 0 Å². The Kier molecular flexibility index (Phi) is 2.60. The predicted molar refractivity (Wildman–Crippen MR) is 51.4 cm³/mol. The number of alkyl halides is 3. The molecule has 0 N–H and O–H groups in total. The predicted octanol–water partition coefficient (Wildman–Crippen LogP) is 2.64. The molecule has 0 radical (unpaired) electrons. The van der Waals surface area contributed by atoms with Crippen molar-refractivity contribution in [2.24, 2.45) is 7.05 Å². The highest BCUT2D eigenvalue weighted by Crippen LogP contribution is 2.30. The van der Waals surface area contributed by atoms with E-state index in [-0.39, 0.29) is 5.82 Å². The van der Waals surface area contributed by atoms with Crippen molar-refractivity contribution in [1.29, 1.82) is 0 Å². The third-order valence-electron chi connectivity index (χ3n) is 2.15. The third kappa shape index (κ3) is 2.27.